The number of carbonyl (C=O) groups excluding carboxylic acids is 2. The van der Waals surface area contributed by atoms with E-state index in [4.69, 9.17) is 23.7 Å². The van der Waals surface area contributed by atoms with Crippen LogP contribution in [0.25, 0.3) is 0 Å². The van der Waals surface area contributed by atoms with Crippen LogP contribution < -0.4 is 10.6 Å². The third kappa shape index (κ3) is 16.0. The number of hydrogen-bond donors (Lipinski definition) is 3. The summed E-state index contributed by atoms with van der Waals surface area (Å²) in [5, 5.41) is 14.4. The van der Waals surface area contributed by atoms with Gasteiger partial charge in [-0.3, -0.25) is 4.79 Å². The number of benzene rings is 1. The number of carboxylic acid groups (broad SMARTS) is 1. The monoisotopic (exact) mass is 484 g/mol. The third-order valence-corrected chi connectivity index (χ3v) is 4.44. The number of aliphatic carboxylic acids is 1. The highest BCUT2D eigenvalue weighted by molar-refractivity contribution is 5.84. The number of nitrogens with one attached hydrogen (secondary N) is 2. The number of amides is 2. The Balaban J connectivity index is 2.05. The Hall–Kier alpha value is -2.73. The quantitative estimate of drug-likeness (QED) is 0.234. The molecule has 0 unspecified atom stereocenters. The molecule has 0 spiro atoms. The lowest BCUT2D eigenvalue weighted by molar-refractivity contribution is -0.142. The van der Waals surface area contributed by atoms with Gasteiger partial charge in [-0.2, -0.15) is 0 Å². The van der Waals surface area contributed by atoms with E-state index in [-0.39, 0.29) is 26.2 Å². The predicted molar refractivity (Wildman–Crippen MR) is 122 cm³/mol. The van der Waals surface area contributed by atoms with Gasteiger partial charge in [-0.05, 0) is 24.8 Å². The summed E-state index contributed by atoms with van der Waals surface area (Å²) in [4.78, 5) is 35.0. The van der Waals surface area contributed by atoms with E-state index in [0.29, 0.717) is 52.4 Å². The van der Waals surface area contributed by atoms with Crippen molar-refractivity contribution >= 4 is 18.0 Å². The van der Waals surface area contributed by atoms with Crippen LogP contribution in [0.1, 0.15) is 24.8 Å². The molecule has 0 radical (unpaired) electrons. The van der Waals surface area contributed by atoms with Gasteiger partial charge >= 0.3 is 12.1 Å². The fourth-order valence-electron chi connectivity index (χ4n) is 2.68. The van der Waals surface area contributed by atoms with E-state index in [2.05, 4.69) is 10.6 Å². The van der Waals surface area contributed by atoms with Crippen molar-refractivity contribution in [3.05, 3.63) is 35.9 Å². The summed E-state index contributed by atoms with van der Waals surface area (Å²) < 4.78 is 25.7. The Labute approximate surface area is 200 Å². The van der Waals surface area contributed by atoms with E-state index in [1.165, 1.54) is 0 Å². The molecule has 11 heteroatoms. The summed E-state index contributed by atoms with van der Waals surface area (Å²) in [5.41, 5.74) is 0.887. The molecule has 11 nitrogen and oxygen atoms in total. The molecule has 1 atom stereocenters. The first kappa shape index (κ1) is 29.3. The highest BCUT2D eigenvalue weighted by Crippen LogP contribution is 2.03. The normalized spacial score (nSPS) is 11.6. The Bertz CT molecular complexity index is 688. The number of carbonyl (C=O) groups is 3. The van der Waals surface area contributed by atoms with E-state index >= 15 is 0 Å². The zero-order valence-electron chi connectivity index (χ0n) is 19.7. The maximum atomic E-state index is 11.9. The summed E-state index contributed by atoms with van der Waals surface area (Å²) in [7, 11) is 1.60. The van der Waals surface area contributed by atoms with E-state index in [1.54, 1.807) is 7.11 Å². The first-order valence-corrected chi connectivity index (χ1v) is 11.2. The second-order valence-electron chi connectivity index (χ2n) is 7.21. The van der Waals surface area contributed by atoms with Crippen molar-refractivity contribution in [1.29, 1.82) is 0 Å². The van der Waals surface area contributed by atoms with Crippen LogP contribution in [-0.2, 0) is 39.9 Å². The van der Waals surface area contributed by atoms with Crippen LogP contribution in [0.5, 0.6) is 0 Å². The van der Waals surface area contributed by atoms with Gasteiger partial charge in [0.2, 0.25) is 5.91 Å². The number of hydrogen-bond acceptors (Lipinski definition) is 8. The molecule has 0 saturated carbocycles. The number of methoxy groups -OCH3 is 1. The topological polar surface area (TPSA) is 142 Å². The van der Waals surface area contributed by atoms with Crippen LogP contribution in [0, 0.1) is 0 Å². The number of ether oxygens (including phenoxy) is 5. The highest BCUT2D eigenvalue weighted by atomic mass is 16.6. The fraction of sp³-hybridized carbons (Fsp3) is 0.609. The Morgan fingerprint density at radius 2 is 1.56 bits per heavy atom. The Morgan fingerprint density at radius 3 is 2.21 bits per heavy atom. The van der Waals surface area contributed by atoms with Crippen LogP contribution in [0.15, 0.2) is 30.3 Å². The highest BCUT2D eigenvalue weighted by Gasteiger charge is 2.19. The van der Waals surface area contributed by atoms with Crippen LogP contribution in [-0.4, -0.2) is 89.0 Å². The van der Waals surface area contributed by atoms with Crippen molar-refractivity contribution < 1.29 is 43.2 Å². The van der Waals surface area contributed by atoms with Crippen molar-refractivity contribution in [1.82, 2.24) is 10.6 Å². The van der Waals surface area contributed by atoms with Gasteiger partial charge in [0.15, 0.2) is 0 Å². The smallest absolute Gasteiger partial charge is 0.407 e. The number of carboxylic acids is 1. The minimum Gasteiger partial charge on any atom is -0.480 e. The molecule has 1 aromatic carbocycles. The van der Waals surface area contributed by atoms with Crippen molar-refractivity contribution in [2.45, 2.75) is 31.9 Å². The molecule has 3 N–H and O–H groups in total. The lowest BCUT2D eigenvalue weighted by atomic mass is 10.1. The van der Waals surface area contributed by atoms with Gasteiger partial charge in [0.1, 0.15) is 19.3 Å². The van der Waals surface area contributed by atoms with Gasteiger partial charge in [-0.25, -0.2) is 9.59 Å². The number of rotatable bonds is 20. The lowest BCUT2D eigenvalue weighted by Gasteiger charge is -2.15. The standard InChI is InChI=1S/C23H36N2O9/c1-30-11-12-31-13-14-32-15-16-33-18-21(26)25-20(22(27)28)9-5-6-10-24-23(29)34-17-19-7-3-2-4-8-19/h2-4,7-8,20H,5-6,9-18H2,1H3,(H,24,29)(H,25,26)(H,27,28)/t20-/m0/s1. The molecule has 0 saturated heterocycles. The molecule has 0 bridgehead atoms. The molecular weight excluding hydrogens is 448 g/mol. The van der Waals surface area contributed by atoms with Crippen LogP contribution in [0.4, 0.5) is 4.79 Å². The van der Waals surface area contributed by atoms with Crippen LogP contribution >= 0.6 is 0 Å². The van der Waals surface area contributed by atoms with Crippen molar-refractivity contribution in [2.24, 2.45) is 0 Å². The molecule has 0 aliphatic rings. The van der Waals surface area contributed by atoms with Gasteiger partial charge in [-0.1, -0.05) is 30.3 Å². The zero-order chi connectivity index (χ0) is 24.9. The molecular formula is C23H36N2O9. The van der Waals surface area contributed by atoms with E-state index in [9.17, 15) is 19.5 Å². The molecule has 192 valence electrons. The minimum absolute atomic E-state index is 0.178. The molecule has 1 rings (SSSR count). The summed E-state index contributed by atoms with van der Waals surface area (Å²) in [6, 6.07) is 8.28. The van der Waals surface area contributed by atoms with Gasteiger partial charge in [0, 0.05) is 13.7 Å². The van der Waals surface area contributed by atoms with Gasteiger partial charge in [0.25, 0.3) is 0 Å². The molecule has 34 heavy (non-hydrogen) atoms. The van der Waals surface area contributed by atoms with E-state index < -0.39 is 24.0 Å². The molecule has 2 amide bonds. The second kappa shape index (κ2) is 19.7. The summed E-state index contributed by atoms with van der Waals surface area (Å²) in [5.74, 6) is -1.64. The van der Waals surface area contributed by atoms with Crippen molar-refractivity contribution in [3.63, 3.8) is 0 Å². The second-order valence-corrected chi connectivity index (χ2v) is 7.21. The van der Waals surface area contributed by atoms with E-state index in [1.807, 2.05) is 30.3 Å². The zero-order valence-corrected chi connectivity index (χ0v) is 19.7. The first-order valence-electron chi connectivity index (χ1n) is 11.2. The molecule has 0 fully saturated rings. The van der Waals surface area contributed by atoms with Gasteiger partial charge in [-0.15, -0.1) is 0 Å². The average Bonchev–Trinajstić information content (AvgIpc) is 2.83. The molecule has 0 aliphatic carbocycles. The lowest BCUT2D eigenvalue weighted by Crippen LogP contribution is -2.42. The fourth-order valence-corrected chi connectivity index (χ4v) is 2.68. The van der Waals surface area contributed by atoms with Crippen molar-refractivity contribution in [3.8, 4) is 0 Å². The summed E-state index contributed by atoms with van der Waals surface area (Å²) >= 11 is 0. The Kier molecular flexibility index (Phi) is 17.0. The molecule has 0 aliphatic heterocycles. The summed E-state index contributed by atoms with van der Waals surface area (Å²) in [6.45, 7) is 2.63. The number of unbranched alkanes of at least 4 members (excludes halogenated alkanes) is 1. The molecule has 0 aromatic heterocycles. The molecule has 0 heterocycles. The third-order valence-electron chi connectivity index (χ3n) is 4.44. The maximum Gasteiger partial charge on any atom is 0.407 e. The van der Waals surface area contributed by atoms with E-state index in [0.717, 1.165) is 5.56 Å². The van der Waals surface area contributed by atoms with Crippen LogP contribution in [0.2, 0.25) is 0 Å². The average molecular weight is 485 g/mol. The minimum atomic E-state index is -1.12. The van der Waals surface area contributed by atoms with Crippen molar-refractivity contribution in [2.75, 3.05) is 59.9 Å². The van der Waals surface area contributed by atoms with Crippen LogP contribution in [0.3, 0.4) is 0 Å². The first-order chi connectivity index (χ1) is 16.5. The number of alkyl carbamates (subject to hydrolysis) is 1. The maximum absolute atomic E-state index is 11.9. The largest absolute Gasteiger partial charge is 0.480 e. The predicted octanol–water partition coefficient (Wildman–Crippen LogP) is 1.35. The van der Waals surface area contributed by atoms with Gasteiger partial charge in [0.05, 0.1) is 39.6 Å². The summed E-state index contributed by atoms with van der Waals surface area (Å²) in [6.07, 6.45) is 0.737. The SMILES string of the molecule is COCCOCCOCCOCC(=O)N[C@@H](CCCCNC(=O)OCc1ccccc1)C(=O)O. The van der Waals surface area contributed by atoms with Gasteiger partial charge < -0.3 is 39.4 Å². The Morgan fingerprint density at radius 1 is 0.912 bits per heavy atom. The molecule has 1 aromatic rings.